The number of aliphatic carboxylic acids is 1. The maximum atomic E-state index is 13.8. The fraction of sp³-hybridized carbons (Fsp3) is 0.250. The molecule has 0 radical (unpaired) electrons. The van der Waals surface area contributed by atoms with Gasteiger partial charge in [0.05, 0.1) is 19.3 Å². The molecular weight excluding hydrogens is 323 g/mol. The highest BCUT2D eigenvalue weighted by Gasteiger charge is 2.13. The van der Waals surface area contributed by atoms with Crippen LogP contribution < -0.4 is 9.47 Å². The van der Waals surface area contributed by atoms with Crippen molar-refractivity contribution < 1.29 is 23.8 Å². The lowest BCUT2D eigenvalue weighted by molar-refractivity contribution is -0.130. The summed E-state index contributed by atoms with van der Waals surface area (Å²) in [4.78, 5) is 11.6. The second-order valence-corrected chi connectivity index (χ2v) is 5.59. The van der Waals surface area contributed by atoms with Crippen molar-refractivity contribution in [3.8, 4) is 11.5 Å². The standard InChI is InChI=1S/C20H21FO4/c1-4-9-25-19-11-14(6-8-18(19)24-3)10-16(20(22)23)15-7-5-13(2)17(21)12-15/h5-8,10-12H,4,9H2,1-3H3,(H,22,23)/b16-10-. The Bertz CT molecular complexity index is 796. The topological polar surface area (TPSA) is 55.8 Å². The van der Waals surface area contributed by atoms with Gasteiger partial charge in [-0.3, -0.25) is 0 Å². The smallest absolute Gasteiger partial charge is 0.336 e. The molecule has 0 saturated carbocycles. The number of hydrogen-bond acceptors (Lipinski definition) is 3. The molecule has 0 aliphatic heterocycles. The molecule has 0 saturated heterocycles. The van der Waals surface area contributed by atoms with Crippen LogP contribution in [0, 0.1) is 12.7 Å². The van der Waals surface area contributed by atoms with E-state index >= 15 is 0 Å². The molecule has 0 heterocycles. The molecule has 0 aliphatic rings. The quantitative estimate of drug-likeness (QED) is 0.591. The largest absolute Gasteiger partial charge is 0.493 e. The average Bonchev–Trinajstić information content (AvgIpc) is 2.60. The Morgan fingerprint density at radius 1 is 1.20 bits per heavy atom. The number of aryl methyl sites for hydroxylation is 1. The Labute approximate surface area is 146 Å². The summed E-state index contributed by atoms with van der Waals surface area (Å²) in [5, 5.41) is 9.51. The van der Waals surface area contributed by atoms with Crippen molar-refractivity contribution in [3.63, 3.8) is 0 Å². The molecule has 2 rings (SSSR count). The number of carboxylic acids is 1. The molecule has 0 aromatic heterocycles. The number of hydrogen-bond donors (Lipinski definition) is 1. The summed E-state index contributed by atoms with van der Waals surface area (Å²) in [5.41, 5.74) is 1.41. The van der Waals surface area contributed by atoms with Crippen molar-refractivity contribution in [2.45, 2.75) is 20.3 Å². The summed E-state index contributed by atoms with van der Waals surface area (Å²) in [6, 6.07) is 9.54. The summed E-state index contributed by atoms with van der Waals surface area (Å²) in [5.74, 6) is -0.455. The first-order valence-corrected chi connectivity index (χ1v) is 7.98. The average molecular weight is 344 g/mol. The van der Waals surface area contributed by atoms with E-state index in [0.29, 0.717) is 34.8 Å². The van der Waals surface area contributed by atoms with Crippen LogP contribution in [0.25, 0.3) is 11.6 Å². The Morgan fingerprint density at radius 3 is 2.56 bits per heavy atom. The first-order valence-electron chi connectivity index (χ1n) is 7.98. The normalized spacial score (nSPS) is 11.3. The van der Waals surface area contributed by atoms with Crippen LogP contribution in [0.1, 0.15) is 30.0 Å². The van der Waals surface area contributed by atoms with Crippen LogP contribution in [0.4, 0.5) is 4.39 Å². The minimum atomic E-state index is -1.13. The molecular formula is C20H21FO4. The number of carbonyl (C=O) groups is 1. The van der Waals surface area contributed by atoms with Crippen molar-refractivity contribution in [2.24, 2.45) is 0 Å². The molecule has 0 aliphatic carbocycles. The number of benzene rings is 2. The van der Waals surface area contributed by atoms with E-state index in [-0.39, 0.29) is 5.57 Å². The molecule has 0 atom stereocenters. The number of ether oxygens (including phenoxy) is 2. The lowest BCUT2D eigenvalue weighted by atomic mass is 10.0. The van der Waals surface area contributed by atoms with Gasteiger partial charge in [0, 0.05) is 0 Å². The van der Waals surface area contributed by atoms with Crippen LogP contribution in [0.3, 0.4) is 0 Å². The van der Waals surface area contributed by atoms with Gasteiger partial charge in [-0.1, -0.05) is 25.1 Å². The fourth-order valence-electron chi connectivity index (χ4n) is 2.30. The maximum Gasteiger partial charge on any atom is 0.336 e. The summed E-state index contributed by atoms with van der Waals surface area (Å²) in [6.07, 6.45) is 2.33. The van der Waals surface area contributed by atoms with Gasteiger partial charge in [0.2, 0.25) is 0 Å². The van der Waals surface area contributed by atoms with Crippen LogP contribution in [-0.2, 0) is 4.79 Å². The summed E-state index contributed by atoms with van der Waals surface area (Å²) in [7, 11) is 1.54. The second-order valence-electron chi connectivity index (χ2n) is 5.59. The number of halogens is 1. The van der Waals surface area contributed by atoms with Gasteiger partial charge < -0.3 is 14.6 Å². The van der Waals surface area contributed by atoms with Gasteiger partial charge in [0.1, 0.15) is 5.82 Å². The Balaban J connectivity index is 2.46. The number of rotatable bonds is 7. The molecule has 2 aromatic carbocycles. The zero-order valence-electron chi connectivity index (χ0n) is 14.5. The number of carboxylic acid groups (broad SMARTS) is 1. The zero-order valence-corrected chi connectivity index (χ0v) is 14.5. The van der Waals surface area contributed by atoms with Gasteiger partial charge in [-0.2, -0.15) is 0 Å². The lowest BCUT2D eigenvalue weighted by Crippen LogP contribution is -2.01. The monoisotopic (exact) mass is 344 g/mol. The third-order valence-electron chi connectivity index (χ3n) is 3.67. The molecule has 4 nitrogen and oxygen atoms in total. The molecule has 5 heteroatoms. The van der Waals surface area contributed by atoms with Gasteiger partial charge in [-0.15, -0.1) is 0 Å². The highest BCUT2D eigenvalue weighted by atomic mass is 19.1. The lowest BCUT2D eigenvalue weighted by Gasteiger charge is -2.11. The first-order chi connectivity index (χ1) is 12.0. The minimum absolute atomic E-state index is 0.00510. The van der Waals surface area contributed by atoms with E-state index in [1.54, 1.807) is 44.4 Å². The third kappa shape index (κ3) is 4.59. The van der Waals surface area contributed by atoms with Crippen LogP contribution in [-0.4, -0.2) is 24.8 Å². The molecule has 0 bridgehead atoms. The van der Waals surface area contributed by atoms with Gasteiger partial charge in [-0.05, 0) is 54.3 Å². The zero-order chi connectivity index (χ0) is 18.4. The van der Waals surface area contributed by atoms with Crippen LogP contribution >= 0.6 is 0 Å². The van der Waals surface area contributed by atoms with E-state index in [2.05, 4.69) is 0 Å². The van der Waals surface area contributed by atoms with E-state index in [0.717, 1.165) is 6.42 Å². The van der Waals surface area contributed by atoms with Crippen molar-refractivity contribution in [1.29, 1.82) is 0 Å². The third-order valence-corrected chi connectivity index (χ3v) is 3.67. The predicted octanol–water partition coefficient (Wildman–Crippen LogP) is 4.56. The summed E-state index contributed by atoms with van der Waals surface area (Å²) < 4.78 is 24.7. The SMILES string of the molecule is CCCOc1cc(/C=C(\C(=O)O)c2ccc(C)c(F)c2)ccc1OC. The fourth-order valence-corrected chi connectivity index (χ4v) is 2.30. The number of methoxy groups -OCH3 is 1. The minimum Gasteiger partial charge on any atom is -0.493 e. The van der Waals surface area contributed by atoms with Crippen LogP contribution in [0.2, 0.25) is 0 Å². The van der Waals surface area contributed by atoms with Gasteiger partial charge in [0.25, 0.3) is 0 Å². The molecule has 132 valence electrons. The van der Waals surface area contributed by atoms with E-state index in [1.807, 2.05) is 6.92 Å². The molecule has 25 heavy (non-hydrogen) atoms. The van der Waals surface area contributed by atoms with Gasteiger partial charge in [0.15, 0.2) is 11.5 Å². The highest BCUT2D eigenvalue weighted by molar-refractivity contribution is 6.20. The van der Waals surface area contributed by atoms with Crippen molar-refractivity contribution >= 4 is 17.6 Å². The van der Waals surface area contributed by atoms with E-state index in [1.165, 1.54) is 12.1 Å². The summed E-state index contributed by atoms with van der Waals surface area (Å²) >= 11 is 0. The highest BCUT2D eigenvalue weighted by Crippen LogP contribution is 2.30. The van der Waals surface area contributed by atoms with Crippen LogP contribution in [0.15, 0.2) is 36.4 Å². The van der Waals surface area contributed by atoms with Crippen molar-refractivity contribution in [2.75, 3.05) is 13.7 Å². The predicted molar refractivity (Wildman–Crippen MR) is 95.4 cm³/mol. The van der Waals surface area contributed by atoms with Crippen molar-refractivity contribution in [3.05, 3.63) is 58.9 Å². The molecule has 0 unspecified atom stereocenters. The molecule has 0 fully saturated rings. The maximum absolute atomic E-state index is 13.8. The molecule has 2 aromatic rings. The van der Waals surface area contributed by atoms with Crippen molar-refractivity contribution in [1.82, 2.24) is 0 Å². The van der Waals surface area contributed by atoms with E-state index in [4.69, 9.17) is 9.47 Å². The van der Waals surface area contributed by atoms with E-state index in [9.17, 15) is 14.3 Å². The summed E-state index contributed by atoms with van der Waals surface area (Å²) in [6.45, 7) is 4.15. The molecule has 0 spiro atoms. The Kier molecular flexibility index (Phi) is 6.17. The Morgan fingerprint density at radius 2 is 1.96 bits per heavy atom. The molecule has 1 N–H and O–H groups in total. The van der Waals surface area contributed by atoms with Crippen LogP contribution in [0.5, 0.6) is 11.5 Å². The molecule has 0 amide bonds. The van der Waals surface area contributed by atoms with E-state index < -0.39 is 11.8 Å². The van der Waals surface area contributed by atoms with Gasteiger partial charge in [-0.25, -0.2) is 9.18 Å². The van der Waals surface area contributed by atoms with Gasteiger partial charge >= 0.3 is 5.97 Å². The first kappa shape index (κ1) is 18.5. The second kappa shape index (κ2) is 8.33. The Hall–Kier alpha value is -2.82.